The lowest BCUT2D eigenvalue weighted by molar-refractivity contribution is 0.0694. The quantitative estimate of drug-likeness (QED) is 0.803. The second-order valence-electron chi connectivity index (χ2n) is 2.84. The second kappa shape index (κ2) is 4.63. The molecule has 0 spiro atoms. The van der Waals surface area contributed by atoms with Gasteiger partial charge in [-0.15, -0.1) is 0 Å². The summed E-state index contributed by atoms with van der Waals surface area (Å²) in [5, 5.41) is 17.4. The molecule has 0 atom stereocenters. The van der Waals surface area contributed by atoms with E-state index in [-0.39, 0.29) is 17.8 Å². The van der Waals surface area contributed by atoms with Gasteiger partial charge in [0.2, 0.25) is 0 Å². The van der Waals surface area contributed by atoms with Gasteiger partial charge in [0, 0.05) is 12.1 Å². The van der Waals surface area contributed by atoms with Crippen LogP contribution in [0, 0.1) is 11.3 Å². The van der Waals surface area contributed by atoms with Crippen molar-refractivity contribution in [3.63, 3.8) is 0 Å². The fourth-order valence-corrected chi connectivity index (χ4v) is 1.19. The molecule has 0 aliphatic heterocycles. The Morgan fingerprint density at radius 1 is 1.69 bits per heavy atom. The smallest absolute Gasteiger partial charge is 0.336 e. The second-order valence-corrected chi connectivity index (χ2v) is 2.84. The summed E-state index contributed by atoms with van der Waals surface area (Å²) in [5.74, 6) is -1.42. The van der Waals surface area contributed by atoms with Crippen LogP contribution in [0.3, 0.4) is 0 Å². The van der Waals surface area contributed by atoms with Gasteiger partial charge in [0.25, 0.3) is 6.43 Å². The van der Waals surface area contributed by atoms with E-state index in [1.807, 2.05) is 0 Å². The minimum atomic E-state index is -2.93. The van der Waals surface area contributed by atoms with Crippen LogP contribution >= 0.6 is 0 Å². The fraction of sp³-hybridized carbons (Fsp3) is 0.222. The van der Waals surface area contributed by atoms with E-state index in [0.29, 0.717) is 0 Å². The Kier molecular flexibility index (Phi) is 3.48. The highest BCUT2D eigenvalue weighted by atomic mass is 19.3. The summed E-state index contributed by atoms with van der Waals surface area (Å²) in [6.07, 6.45) is -2.93. The number of hydrogen-bond acceptors (Lipinski definition) is 4. The van der Waals surface area contributed by atoms with Crippen LogP contribution in [0.1, 0.15) is 33.7 Å². The molecule has 0 radical (unpaired) electrons. The number of pyridine rings is 1. The molecule has 1 rings (SSSR count). The molecular weight excluding hydrogens is 220 g/mol. The predicted octanol–water partition coefficient (Wildman–Crippen LogP) is 1.05. The first kappa shape index (κ1) is 12.0. The lowest BCUT2D eigenvalue weighted by Crippen LogP contribution is -2.12. The molecule has 0 bridgehead atoms. The number of aromatic nitrogens is 1. The Morgan fingerprint density at radius 2 is 2.31 bits per heavy atom. The zero-order valence-corrected chi connectivity index (χ0v) is 7.94. The number of nitrogens with two attached hydrogens (primary N) is 1. The minimum absolute atomic E-state index is 0.0422. The van der Waals surface area contributed by atoms with Crippen molar-refractivity contribution in [3.8, 4) is 6.07 Å². The van der Waals surface area contributed by atoms with Crippen molar-refractivity contribution in [3.05, 3.63) is 28.6 Å². The highest BCUT2D eigenvalue weighted by Crippen LogP contribution is 2.21. The maximum absolute atomic E-state index is 12.4. The molecule has 5 nitrogen and oxygen atoms in total. The highest BCUT2D eigenvalue weighted by molar-refractivity contribution is 5.90. The van der Waals surface area contributed by atoms with Crippen molar-refractivity contribution in [2.24, 2.45) is 5.73 Å². The Balaban J connectivity index is 3.51. The number of hydrogen-bond donors (Lipinski definition) is 2. The van der Waals surface area contributed by atoms with Crippen LogP contribution in [0.4, 0.5) is 8.78 Å². The van der Waals surface area contributed by atoms with Crippen LogP contribution in [0.15, 0.2) is 6.07 Å². The predicted molar refractivity (Wildman–Crippen MR) is 48.8 cm³/mol. The van der Waals surface area contributed by atoms with E-state index in [1.54, 1.807) is 6.07 Å². The Morgan fingerprint density at radius 3 is 2.69 bits per heavy atom. The third-order valence-electron chi connectivity index (χ3n) is 1.91. The number of halogens is 2. The Hall–Kier alpha value is -2.07. The number of aromatic carboxylic acids is 1. The molecular formula is C9H7F2N3O2. The Bertz CT molecular complexity index is 469. The van der Waals surface area contributed by atoms with E-state index in [1.165, 1.54) is 0 Å². The molecule has 0 amide bonds. The number of alkyl halides is 2. The number of nitrogens with zero attached hydrogens (tertiary/aromatic N) is 2. The molecule has 0 aliphatic rings. The molecule has 0 aromatic carbocycles. The van der Waals surface area contributed by atoms with Crippen molar-refractivity contribution in [1.29, 1.82) is 5.26 Å². The average Bonchev–Trinajstić information content (AvgIpc) is 2.26. The molecule has 1 aromatic heterocycles. The molecule has 1 heterocycles. The maximum Gasteiger partial charge on any atom is 0.336 e. The number of nitriles is 1. The topological polar surface area (TPSA) is 100 Å². The molecule has 84 valence electrons. The van der Waals surface area contributed by atoms with E-state index in [9.17, 15) is 13.6 Å². The van der Waals surface area contributed by atoms with Crippen LogP contribution in [0.5, 0.6) is 0 Å². The van der Waals surface area contributed by atoms with Crippen molar-refractivity contribution in [1.82, 2.24) is 4.98 Å². The van der Waals surface area contributed by atoms with E-state index in [4.69, 9.17) is 16.1 Å². The van der Waals surface area contributed by atoms with E-state index in [0.717, 1.165) is 6.07 Å². The summed E-state index contributed by atoms with van der Waals surface area (Å²) >= 11 is 0. The molecule has 16 heavy (non-hydrogen) atoms. The third kappa shape index (κ3) is 2.12. The molecule has 0 fully saturated rings. The van der Waals surface area contributed by atoms with Gasteiger partial charge in [0.05, 0.1) is 5.56 Å². The minimum Gasteiger partial charge on any atom is -0.478 e. The molecule has 1 aromatic rings. The molecule has 0 aliphatic carbocycles. The summed E-state index contributed by atoms with van der Waals surface area (Å²) in [4.78, 5) is 14.1. The Labute approximate surface area is 89.1 Å². The molecule has 3 N–H and O–H groups in total. The fourth-order valence-electron chi connectivity index (χ4n) is 1.19. The summed E-state index contributed by atoms with van der Waals surface area (Å²) < 4.78 is 24.7. The van der Waals surface area contributed by atoms with Crippen molar-refractivity contribution in [2.45, 2.75) is 13.0 Å². The summed E-state index contributed by atoms with van der Waals surface area (Å²) in [7, 11) is 0. The van der Waals surface area contributed by atoms with Crippen LogP contribution in [0.25, 0.3) is 0 Å². The van der Waals surface area contributed by atoms with Crippen LogP contribution in [-0.2, 0) is 6.54 Å². The summed E-state index contributed by atoms with van der Waals surface area (Å²) in [6.45, 7) is -0.249. The first-order valence-electron chi connectivity index (χ1n) is 4.16. The van der Waals surface area contributed by atoms with E-state index in [2.05, 4.69) is 4.98 Å². The van der Waals surface area contributed by atoms with E-state index >= 15 is 0 Å². The lowest BCUT2D eigenvalue weighted by atomic mass is 10.1. The van der Waals surface area contributed by atoms with Crippen LogP contribution in [0.2, 0.25) is 0 Å². The number of rotatable bonds is 3. The molecule has 7 heteroatoms. The van der Waals surface area contributed by atoms with Gasteiger partial charge in [-0.25, -0.2) is 18.6 Å². The first-order valence-corrected chi connectivity index (χ1v) is 4.16. The van der Waals surface area contributed by atoms with Gasteiger partial charge in [0.1, 0.15) is 17.5 Å². The molecule has 0 saturated heterocycles. The van der Waals surface area contributed by atoms with Gasteiger partial charge < -0.3 is 10.8 Å². The van der Waals surface area contributed by atoms with Gasteiger partial charge in [-0.1, -0.05) is 0 Å². The van der Waals surface area contributed by atoms with Crippen LogP contribution in [-0.4, -0.2) is 16.1 Å². The number of carboxylic acids is 1. The monoisotopic (exact) mass is 227 g/mol. The SMILES string of the molecule is N#Cc1nc(C(F)F)cc(C(=O)O)c1CN. The number of carboxylic acid groups (broad SMARTS) is 1. The van der Waals surface area contributed by atoms with Crippen LogP contribution < -0.4 is 5.73 Å². The van der Waals surface area contributed by atoms with Crippen molar-refractivity contribution < 1.29 is 18.7 Å². The summed E-state index contributed by atoms with van der Waals surface area (Å²) in [6, 6.07) is 2.28. The van der Waals surface area contributed by atoms with E-state index < -0.39 is 23.7 Å². The zero-order valence-electron chi connectivity index (χ0n) is 7.94. The van der Waals surface area contributed by atoms with Gasteiger partial charge in [-0.3, -0.25) is 0 Å². The average molecular weight is 227 g/mol. The standard InChI is InChI=1S/C9H7F2N3O2/c10-8(11)6-1-4(9(15)16)5(2-12)7(3-13)14-6/h1,8H,2,12H2,(H,15,16). The normalized spacial score (nSPS) is 10.2. The number of carbonyl (C=O) groups is 1. The van der Waals surface area contributed by atoms with Crippen molar-refractivity contribution in [2.75, 3.05) is 0 Å². The summed E-state index contributed by atoms with van der Waals surface area (Å²) in [5.41, 5.74) is 3.67. The zero-order chi connectivity index (χ0) is 12.3. The lowest BCUT2D eigenvalue weighted by Gasteiger charge is -2.07. The highest BCUT2D eigenvalue weighted by Gasteiger charge is 2.20. The van der Waals surface area contributed by atoms with Crippen molar-refractivity contribution >= 4 is 5.97 Å². The maximum atomic E-state index is 12.4. The molecule has 0 saturated carbocycles. The van der Waals surface area contributed by atoms with Gasteiger partial charge in [-0.2, -0.15) is 5.26 Å². The van der Waals surface area contributed by atoms with Gasteiger partial charge in [0.15, 0.2) is 0 Å². The molecule has 0 unspecified atom stereocenters. The van der Waals surface area contributed by atoms with Gasteiger partial charge in [-0.05, 0) is 6.07 Å². The largest absolute Gasteiger partial charge is 0.478 e. The third-order valence-corrected chi connectivity index (χ3v) is 1.91. The van der Waals surface area contributed by atoms with Gasteiger partial charge >= 0.3 is 5.97 Å². The first-order chi connectivity index (χ1) is 7.51.